The van der Waals surface area contributed by atoms with Crippen LogP contribution in [0.4, 0.5) is 14.8 Å². The van der Waals surface area contributed by atoms with Crippen molar-refractivity contribution in [1.82, 2.24) is 10.3 Å². The molecule has 0 saturated heterocycles. The molecule has 1 amide bonds. The van der Waals surface area contributed by atoms with Crippen molar-refractivity contribution < 1.29 is 18.0 Å². The summed E-state index contributed by atoms with van der Waals surface area (Å²) in [6, 6.07) is 3.50. The Morgan fingerprint density at radius 2 is 2.23 bits per heavy atom. The fourth-order valence-corrected chi connectivity index (χ4v) is 2.55. The molecule has 22 heavy (non-hydrogen) atoms. The number of nitrogens with one attached hydrogen (secondary N) is 2. The third-order valence-electron chi connectivity index (χ3n) is 4.03. The molecule has 1 aromatic carbocycles. The van der Waals surface area contributed by atoms with E-state index in [-0.39, 0.29) is 17.8 Å². The van der Waals surface area contributed by atoms with Crippen LogP contribution in [0.15, 0.2) is 28.8 Å². The number of carbonyl (C=O) groups is 1. The molecule has 0 bridgehead atoms. The van der Waals surface area contributed by atoms with Crippen LogP contribution in [0.2, 0.25) is 0 Å². The van der Waals surface area contributed by atoms with Crippen molar-refractivity contribution in [2.24, 2.45) is 0 Å². The van der Waals surface area contributed by atoms with Crippen LogP contribution in [0.25, 0.3) is 0 Å². The van der Waals surface area contributed by atoms with E-state index in [2.05, 4.69) is 15.6 Å². The summed E-state index contributed by atoms with van der Waals surface area (Å²) in [6.07, 6.45) is 1.90. The molecule has 1 aliphatic carbocycles. The quantitative estimate of drug-likeness (QED) is 0.910. The van der Waals surface area contributed by atoms with Crippen LogP contribution in [0, 0.1) is 11.6 Å². The van der Waals surface area contributed by atoms with Gasteiger partial charge < -0.3 is 15.1 Å². The summed E-state index contributed by atoms with van der Waals surface area (Å²) in [5, 5.41) is 5.46. The van der Waals surface area contributed by atoms with Crippen molar-refractivity contribution in [3.8, 4) is 0 Å². The van der Waals surface area contributed by atoms with E-state index >= 15 is 0 Å². The van der Waals surface area contributed by atoms with Crippen LogP contribution >= 0.6 is 0 Å². The number of hydrogen-bond donors (Lipinski definition) is 2. The zero-order valence-electron chi connectivity index (χ0n) is 12.1. The van der Waals surface area contributed by atoms with Gasteiger partial charge in [0.25, 0.3) is 11.9 Å². The Kier molecular flexibility index (Phi) is 3.35. The summed E-state index contributed by atoms with van der Waals surface area (Å²) >= 11 is 0. The maximum absolute atomic E-state index is 13.9. The smallest absolute Gasteiger partial charge is 0.294 e. The lowest BCUT2D eigenvalue weighted by Crippen LogP contribution is -2.30. The molecular weight excluding hydrogens is 292 g/mol. The van der Waals surface area contributed by atoms with Gasteiger partial charge >= 0.3 is 0 Å². The maximum Gasteiger partial charge on any atom is 0.294 e. The number of rotatable bonds is 4. The Balaban J connectivity index is 1.72. The fraction of sp³-hybridized carbons (Fsp3) is 0.333. The molecule has 2 unspecified atom stereocenters. The van der Waals surface area contributed by atoms with Gasteiger partial charge in [-0.1, -0.05) is 13.0 Å². The van der Waals surface area contributed by atoms with Gasteiger partial charge in [-0.05, 0) is 18.1 Å². The van der Waals surface area contributed by atoms with E-state index in [0.717, 1.165) is 6.07 Å². The summed E-state index contributed by atoms with van der Waals surface area (Å²) in [5.74, 6) is -1.55. The lowest BCUT2D eigenvalue weighted by Gasteiger charge is -2.13. The van der Waals surface area contributed by atoms with Crippen LogP contribution in [0.1, 0.15) is 29.5 Å². The summed E-state index contributed by atoms with van der Waals surface area (Å²) in [7, 11) is 1.63. The van der Waals surface area contributed by atoms with Gasteiger partial charge in [-0.15, -0.1) is 0 Å². The first-order valence-corrected chi connectivity index (χ1v) is 6.84. The monoisotopic (exact) mass is 307 g/mol. The molecule has 1 saturated carbocycles. The molecule has 116 valence electrons. The van der Waals surface area contributed by atoms with Gasteiger partial charge in [0.15, 0.2) is 0 Å². The minimum Gasteiger partial charge on any atom is -0.418 e. The van der Waals surface area contributed by atoms with E-state index in [1.54, 1.807) is 7.05 Å². The first-order chi connectivity index (χ1) is 10.4. The SMILES string of the molecule is CNc1ncc(C(=O)NC2CC2(C)c2ccc(F)cc2F)o1. The van der Waals surface area contributed by atoms with Crippen LogP contribution in [-0.4, -0.2) is 24.0 Å². The molecule has 1 heterocycles. The number of benzene rings is 1. The van der Waals surface area contributed by atoms with E-state index in [4.69, 9.17) is 4.42 Å². The lowest BCUT2D eigenvalue weighted by molar-refractivity contribution is 0.0921. The highest BCUT2D eigenvalue weighted by Gasteiger charge is 2.53. The second-order valence-electron chi connectivity index (χ2n) is 5.55. The maximum atomic E-state index is 13.9. The van der Waals surface area contributed by atoms with E-state index < -0.39 is 23.0 Å². The summed E-state index contributed by atoms with van der Waals surface area (Å²) in [6.45, 7) is 1.83. The lowest BCUT2D eigenvalue weighted by atomic mass is 9.96. The molecule has 5 nitrogen and oxygen atoms in total. The minimum absolute atomic E-state index is 0.0816. The number of carbonyl (C=O) groups excluding carboxylic acids is 1. The standard InChI is InChI=1S/C15H15F2N3O2/c1-15(9-4-3-8(16)5-10(9)17)6-12(15)20-13(21)11-7-19-14(18-2)22-11/h3-5,7,12H,6H2,1-2H3,(H,18,19)(H,20,21). The molecule has 0 radical (unpaired) electrons. The fourth-order valence-electron chi connectivity index (χ4n) is 2.55. The Labute approximate surface area is 125 Å². The number of hydrogen-bond acceptors (Lipinski definition) is 4. The number of halogens is 2. The van der Waals surface area contributed by atoms with Gasteiger partial charge in [-0.25, -0.2) is 13.8 Å². The van der Waals surface area contributed by atoms with Crippen molar-refractivity contribution >= 4 is 11.9 Å². The molecule has 7 heteroatoms. The Morgan fingerprint density at radius 1 is 1.45 bits per heavy atom. The number of aromatic nitrogens is 1. The molecule has 1 fully saturated rings. The third kappa shape index (κ3) is 2.43. The molecule has 1 aromatic heterocycles. The van der Waals surface area contributed by atoms with Gasteiger partial charge in [-0.2, -0.15) is 0 Å². The normalized spacial score (nSPS) is 23.2. The molecule has 0 aliphatic heterocycles. The Bertz CT molecular complexity index is 731. The van der Waals surface area contributed by atoms with Crippen LogP contribution in [0.5, 0.6) is 0 Å². The second kappa shape index (κ2) is 5.08. The van der Waals surface area contributed by atoms with Gasteiger partial charge in [0.05, 0.1) is 6.20 Å². The van der Waals surface area contributed by atoms with Crippen molar-refractivity contribution in [1.29, 1.82) is 0 Å². The zero-order valence-corrected chi connectivity index (χ0v) is 12.1. The van der Waals surface area contributed by atoms with Crippen molar-refractivity contribution in [3.05, 3.63) is 47.4 Å². The van der Waals surface area contributed by atoms with E-state index in [1.807, 2.05) is 6.92 Å². The third-order valence-corrected chi connectivity index (χ3v) is 4.03. The molecule has 2 N–H and O–H groups in total. The predicted molar refractivity (Wildman–Crippen MR) is 75.6 cm³/mol. The topological polar surface area (TPSA) is 67.2 Å². The molecule has 0 spiro atoms. The van der Waals surface area contributed by atoms with Crippen molar-refractivity contribution in [2.75, 3.05) is 12.4 Å². The zero-order chi connectivity index (χ0) is 15.9. The van der Waals surface area contributed by atoms with E-state index in [0.29, 0.717) is 12.0 Å². The number of anilines is 1. The van der Waals surface area contributed by atoms with E-state index in [9.17, 15) is 13.6 Å². The Hall–Kier alpha value is -2.44. The number of oxazole rings is 1. The van der Waals surface area contributed by atoms with Gasteiger partial charge in [0.2, 0.25) is 5.76 Å². The highest BCUT2D eigenvalue weighted by atomic mass is 19.1. The van der Waals surface area contributed by atoms with Crippen molar-refractivity contribution in [3.63, 3.8) is 0 Å². The van der Waals surface area contributed by atoms with Crippen LogP contribution < -0.4 is 10.6 Å². The van der Waals surface area contributed by atoms with Gasteiger partial charge in [0.1, 0.15) is 11.6 Å². The largest absolute Gasteiger partial charge is 0.418 e. The van der Waals surface area contributed by atoms with Crippen LogP contribution in [-0.2, 0) is 5.41 Å². The highest BCUT2D eigenvalue weighted by molar-refractivity contribution is 5.92. The highest BCUT2D eigenvalue weighted by Crippen LogP contribution is 2.49. The van der Waals surface area contributed by atoms with Crippen molar-refractivity contribution in [2.45, 2.75) is 24.8 Å². The summed E-state index contributed by atoms with van der Waals surface area (Å²) in [5.41, 5.74) is -0.146. The predicted octanol–water partition coefficient (Wildman–Crippen LogP) is 2.45. The summed E-state index contributed by atoms with van der Waals surface area (Å²) in [4.78, 5) is 15.9. The average Bonchev–Trinajstić information content (AvgIpc) is 2.91. The first-order valence-electron chi connectivity index (χ1n) is 6.84. The molecule has 3 rings (SSSR count). The number of nitrogens with zero attached hydrogens (tertiary/aromatic N) is 1. The van der Waals surface area contributed by atoms with Crippen LogP contribution in [0.3, 0.4) is 0 Å². The van der Waals surface area contributed by atoms with E-state index in [1.165, 1.54) is 18.3 Å². The summed E-state index contributed by atoms with van der Waals surface area (Å²) < 4.78 is 32.0. The second-order valence-corrected chi connectivity index (χ2v) is 5.55. The molecule has 2 atom stereocenters. The minimum atomic E-state index is -0.618. The Morgan fingerprint density at radius 3 is 2.86 bits per heavy atom. The van der Waals surface area contributed by atoms with Gasteiger partial charge in [-0.3, -0.25) is 4.79 Å². The van der Waals surface area contributed by atoms with Gasteiger partial charge in [0, 0.05) is 24.6 Å². The molecule has 1 aliphatic rings. The molecule has 2 aromatic rings. The molecular formula is C15H15F2N3O2. The average molecular weight is 307 g/mol. The number of amides is 1. The first kappa shape index (κ1) is 14.5.